The van der Waals surface area contributed by atoms with Crippen LogP contribution < -0.4 is 5.32 Å². The average molecular weight is 360 g/mol. The molecule has 1 saturated heterocycles. The van der Waals surface area contributed by atoms with E-state index in [4.69, 9.17) is 0 Å². The lowest BCUT2D eigenvalue weighted by atomic mass is 10.3. The fourth-order valence-electron chi connectivity index (χ4n) is 3.23. The number of urea groups is 1. The van der Waals surface area contributed by atoms with Crippen LogP contribution in [0.15, 0.2) is 18.7 Å². The first-order valence-electron chi connectivity index (χ1n) is 9.12. The van der Waals surface area contributed by atoms with Crippen molar-refractivity contribution >= 4 is 6.03 Å². The second kappa shape index (κ2) is 8.31. The molecule has 26 heavy (non-hydrogen) atoms. The highest BCUT2D eigenvalue weighted by molar-refractivity contribution is 5.74. The van der Waals surface area contributed by atoms with Gasteiger partial charge in [0, 0.05) is 44.5 Å². The van der Waals surface area contributed by atoms with Crippen LogP contribution in [0, 0.1) is 13.8 Å². The van der Waals surface area contributed by atoms with E-state index < -0.39 is 0 Å². The second-order valence-electron chi connectivity index (χ2n) is 6.95. The van der Waals surface area contributed by atoms with E-state index in [0.29, 0.717) is 6.54 Å². The van der Waals surface area contributed by atoms with Gasteiger partial charge in [-0.25, -0.2) is 9.78 Å². The Labute approximate surface area is 154 Å². The molecule has 1 atom stereocenters. The predicted octanol–water partition coefficient (Wildman–Crippen LogP) is 0.507. The normalized spacial score (nSPS) is 16.7. The number of aryl methyl sites for hydroxylation is 2. The van der Waals surface area contributed by atoms with Gasteiger partial charge >= 0.3 is 6.03 Å². The first kappa shape index (κ1) is 18.4. The summed E-state index contributed by atoms with van der Waals surface area (Å²) in [6.45, 7) is 11.7. The third kappa shape index (κ3) is 4.81. The molecular formula is C17H28N8O. The van der Waals surface area contributed by atoms with Crippen LogP contribution in [0.2, 0.25) is 0 Å². The van der Waals surface area contributed by atoms with Gasteiger partial charge in [-0.3, -0.25) is 14.3 Å². The molecule has 2 amide bonds. The first-order valence-corrected chi connectivity index (χ1v) is 9.12. The van der Waals surface area contributed by atoms with Crippen molar-refractivity contribution in [2.45, 2.75) is 39.9 Å². The molecule has 0 bridgehead atoms. The van der Waals surface area contributed by atoms with Crippen LogP contribution in [0.4, 0.5) is 4.79 Å². The molecule has 9 nitrogen and oxygen atoms in total. The first-order chi connectivity index (χ1) is 12.5. The molecule has 3 heterocycles. The lowest BCUT2D eigenvalue weighted by molar-refractivity contribution is 0.133. The van der Waals surface area contributed by atoms with E-state index in [9.17, 15) is 4.79 Å². The maximum absolute atomic E-state index is 12.5. The highest BCUT2D eigenvalue weighted by Gasteiger charge is 2.22. The monoisotopic (exact) mass is 360 g/mol. The zero-order valence-corrected chi connectivity index (χ0v) is 15.8. The van der Waals surface area contributed by atoms with E-state index in [-0.39, 0.29) is 12.1 Å². The Morgan fingerprint density at radius 1 is 1.23 bits per heavy atom. The van der Waals surface area contributed by atoms with Crippen LogP contribution in [0.1, 0.15) is 18.3 Å². The van der Waals surface area contributed by atoms with Gasteiger partial charge in [-0.05, 0) is 26.8 Å². The van der Waals surface area contributed by atoms with Crippen LogP contribution in [0.25, 0.3) is 0 Å². The summed E-state index contributed by atoms with van der Waals surface area (Å²) < 4.78 is 3.78. The lowest BCUT2D eigenvalue weighted by Crippen LogP contribution is -2.53. The third-order valence-electron chi connectivity index (χ3n) is 4.69. The molecule has 1 aliphatic heterocycles. The zero-order valence-electron chi connectivity index (χ0n) is 15.8. The van der Waals surface area contributed by atoms with Crippen LogP contribution >= 0.6 is 0 Å². The number of carbonyl (C=O) groups excluding carboxylic acids is 1. The number of hydrogen-bond acceptors (Lipinski definition) is 5. The summed E-state index contributed by atoms with van der Waals surface area (Å²) in [7, 11) is 0. The molecule has 1 N–H and O–H groups in total. The number of carbonyl (C=O) groups is 1. The second-order valence-corrected chi connectivity index (χ2v) is 6.95. The molecule has 0 saturated carbocycles. The van der Waals surface area contributed by atoms with Crippen molar-refractivity contribution in [1.82, 2.24) is 39.7 Å². The van der Waals surface area contributed by atoms with E-state index >= 15 is 0 Å². The molecule has 0 aromatic carbocycles. The molecule has 2 aromatic rings. The highest BCUT2D eigenvalue weighted by atomic mass is 16.2. The van der Waals surface area contributed by atoms with Gasteiger partial charge in [0.2, 0.25) is 0 Å². The van der Waals surface area contributed by atoms with E-state index in [1.165, 1.54) is 0 Å². The minimum absolute atomic E-state index is 0.00922. The van der Waals surface area contributed by atoms with Crippen LogP contribution in [-0.4, -0.2) is 79.1 Å². The van der Waals surface area contributed by atoms with Crippen molar-refractivity contribution in [2.75, 3.05) is 32.7 Å². The molecule has 0 spiro atoms. The SMILES string of the molecule is Cc1cc(C)n(C[C@H](C)NC(=O)N2CCN(CCn3cncn3)CC2)n1. The largest absolute Gasteiger partial charge is 0.334 e. The molecule has 2 aromatic heterocycles. The molecule has 0 aliphatic carbocycles. The summed E-state index contributed by atoms with van der Waals surface area (Å²) in [6, 6.07) is 2.09. The third-order valence-corrected chi connectivity index (χ3v) is 4.69. The summed E-state index contributed by atoms with van der Waals surface area (Å²) in [5, 5.41) is 11.7. The van der Waals surface area contributed by atoms with Gasteiger partial charge < -0.3 is 10.2 Å². The minimum Gasteiger partial charge on any atom is -0.334 e. The highest BCUT2D eigenvalue weighted by Crippen LogP contribution is 2.05. The number of rotatable bonds is 6. The minimum atomic E-state index is 0.00922. The van der Waals surface area contributed by atoms with Gasteiger partial charge in [-0.1, -0.05) is 0 Å². The summed E-state index contributed by atoms with van der Waals surface area (Å²) >= 11 is 0. The quantitative estimate of drug-likeness (QED) is 0.811. The topological polar surface area (TPSA) is 84.1 Å². The van der Waals surface area contributed by atoms with Crippen molar-refractivity contribution in [1.29, 1.82) is 0 Å². The van der Waals surface area contributed by atoms with E-state index in [2.05, 4.69) is 25.4 Å². The summed E-state index contributed by atoms with van der Waals surface area (Å²) in [6.07, 6.45) is 3.28. The zero-order chi connectivity index (χ0) is 18.5. The fraction of sp³-hybridized carbons (Fsp3) is 0.647. The number of amides is 2. The van der Waals surface area contributed by atoms with Gasteiger partial charge in [-0.2, -0.15) is 10.2 Å². The van der Waals surface area contributed by atoms with Gasteiger partial charge in [0.25, 0.3) is 0 Å². The Hall–Kier alpha value is -2.42. The van der Waals surface area contributed by atoms with Crippen molar-refractivity contribution in [2.24, 2.45) is 0 Å². The van der Waals surface area contributed by atoms with Crippen LogP contribution in [0.5, 0.6) is 0 Å². The standard InChI is InChI=1S/C17H28N8O/c1-14-10-16(3)25(21-14)11-15(2)20-17(26)23-7-4-22(5-8-23)6-9-24-13-18-12-19-24/h10,12-13,15H,4-9,11H2,1-3H3,(H,20,26)/t15-/m0/s1. The Morgan fingerprint density at radius 3 is 2.62 bits per heavy atom. The van der Waals surface area contributed by atoms with E-state index in [1.54, 1.807) is 12.7 Å². The molecule has 1 aliphatic rings. The lowest BCUT2D eigenvalue weighted by Gasteiger charge is -2.35. The number of aromatic nitrogens is 5. The Morgan fingerprint density at radius 2 is 2.00 bits per heavy atom. The average Bonchev–Trinajstić information content (AvgIpc) is 3.23. The summed E-state index contributed by atoms with van der Waals surface area (Å²) in [4.78, 5) is 20.7. The summed E-state index contributed by atoms with van der Waals surface area (Å²) in [5.41, 5.74) is 2.12. The molecule has 9 heteroatoms. The maximum atomic E-state index is 12.5. The van der Waals surface area contributed by atoms with E-state index in [0.717, 1.165) is 50.7 Å². The molecule has 1 fully saturated rings. The summed E-state index contributed by atoms with van der Waals surface area (Å²) in [5.74, 6) is 0. The molecule has 3 rings (SSSR count). The van der Waals surface area contributed by atoms with Crippen molar-refractivity contribution in [3.8, 4) is 0 Å². The predicted molar refractivity (Wildman–Crippen MR) is 97.7 cm³/mol. The van der Waals surface area contributed by atoms with Crippen LogP contribution in [-0.2, 0) is 13.1 Å². The van der Waals surface area contributed by atoms with Gasteiger partial charge in [0.05, 0.1) is 18.8 Å². The molecular weight excluding hydrogens is 332 g/mol. The maximum Gasteiger partial charge on any atom is 0.317 e. The Bertz CT molecular complexity index is 702. The van der Waals surface area contributed by atoms with Crippen LogP contribution in [0.3, 0.4) is 0 Å². The number of hydrogen-bond donors (Lipinski definition) is 1. The van der Waals surface area contributed by atoms with E-state index in [1.807, 2.05) is 41.1 Å². The van der Waals surface area contributed by atoms with Gasteiger partial charge in [-0.15, -0.1) is 0 Å². The number of nitrogens with one attached hydrogen (secondary N) is 1. The fourth-order valence-corrected chi connectivity index (χ4v) is 3.23. The molecule has 142 valence electrons. The molecule has 0 radical (unpaired) electrons. The van der Waals surface area contributed by atoms with Gasteiger partial charge in [0.15, 0.2) is 0 Å². The smallest absolute Gasteiger partial charge is 0.317 e. The van der Waals surface area contributed by atoms with Crippen molar-refractivity contribution < 1.29 is 4.79 Å². The van der Waals surface area contributed by atoms with Crippen molar-refractivity contribution in [3.05, 3.63) is 30.1 Å². The Kier molecular flexibility index (Phi) is 5.87. The Balaban J connectivity index is 1.39. The number of nitrogens with zero attached hydrogens (tertiary/aromatic N) is 7. The van der Waals surface area contributed by atoms with Gasteiger partial charge in [0.1, 0.15) is 12.7 Å². The van der Waals surface area contributed by atoms with Crippen molar-refractivity contribution in [3.63, 3.8) is 0 Å². The molecule has 0 unspecified atom stereocenters. The number of piperazine rings is 1.